The van der Waals surface area contributed by atoms with Crippen molar-refractivity contribution < 1.29 is 9.32 Å². The highest BCUT2D eigenvalue weighted by molar-refractivity contribution is 9.10. The van der Waals surface area contributed by atoms with E-state index < -0.39 is 0 Å². The summed E-state index contributed by atoms with van der Waals surface area (Å²) in [5.41, 5.74) is 5.20. The lowest BCUT2D eigenvalue weighted by Crippen LogP contribution is -2.11. The van der Waals surface area contributed by atoms with Gasteiger partial charge in [-0.2, -0.15) is 0 Å². The maximum atomic E-state index is 12.7. The van der Waals surface area contributed by atoms with E-state index in [-0.39, 0.29) is 5.91 Å². The van der Waals surface area contributed by atoms with Gasteiger partial charge in [-0.3, -0.25) is 4.79 Å². The van der Waals surface area contributed by atoms with E-state index in [1.54, 1.807) is 12.1 Å². The smallest absolute Gasteiger partial charge is 0.255 e. The first-order valence-electron chi connectivity index (χ1n) is 8.55. The maximum Gasteiger partial charge on any atom is 0.255 e. The van der Waals surface area contributed by atoms with Gasteiger partial charge in [-0.15, -0.1) is 0 Å². The molecule has 0 aliphatic rings. The van der Waals surface area contributed by atoms with E-state index in [9.17, 15) is 4.79 Å². The molecule has 3 aromatic carbocycles. The van der Waals surface area contributed by atoms with Crippen molar-refractivity contribution in [2.45, 2.75) is 13.8 Å². The van der Waals surface area contributed by atoms with E-state index in [0.717, 1.165) is 32.2 Å². The van der Waals surface area contributed by atoms with Crippen LogP contribution in [0.1, 0.15) is 21.5 Å². The van der Waals surface area contributed by atoms with Crippen LogP contribution in [0.2, 0.25) is 0 Å². The SMILES string of the molecule is Cc1ccc(-c2onc3ccc(C(=O)Nc4ccc(Br)c(C)c4)cc23)cc1. The second-order valence-corrected chi connectivity index (χ2v) is 7.38. The molecule has 4 nitrogen and oxygen atoms in total. The molecule has 0 aliphatic heterocycles. The predicted molar refractivity (Wildman–Crippen MR) is 111 cm³/mol. The fourth-order valence-corrected chi connectivity index (χ4v) is 3.17. The minimum Gasteiger partial charge on any atom is -0.355 e. The van der Waals surface area contributed by atoms with Gasteiger partial charge in [0.1, 0.15) is 5.52 Å². The highest BCUT2D eigenvalue weighted by Gasteiger charge is 2.14. The standard InChI is InChI=1S/C22H17BrN2O2/c1-13-3-5-15(6-4-13)21-18-12-16(7-10-20(18)25-27-21)22(26)24-17-8-9-19(23)14(2)11-17/h3-12H,1-2H3,(H,24,26). The third-order valence-electron chi connectivity index (χ3n) is 4.47. The molecule has 0 aliphatic carbocycles. The fraction of sp³-hybridized carbons (Fsp3) is 0.0909. The third kappa shape index (κ3) is 3.51. The summed E-state index contributed by atoms with van der Waals surface area (Å²) in [7, 11) is 0. The van der Waals surface area contributed by atoms with Gasteiger partial charge in [0.05, 0.1) is 5.39 Å². The normalized spacial score (nSPS) is 10.9. The van der Waals surface area contributed by atoms with Gasteiger partial charge < -0.3 is 9.84 Å². The zero-order chi connectivity index (χ0) is 19.0. The Bertz CT molecular complexity index is 1150. The molecule has 0 atom stereocenters. The van der Waals surface area contributed by atoms with Crippen LogP contribution in [-0.4, -0.2) is 11.1 Å². The Morgan fingerprint density at radius 2 is 1.78 bits per heavy atom. The van der Waals surface area contributed by atoms with Crippen LogP contribution in [0.15, 0.2) is 69.7 Å². The van der Waals surface area contributed by atoms with Gasteiger partial charge in [0.15, 0.2) is 5.76 Å². The molecule has 4 aromatic rings. The number of hydrogen-bond donors (Lipinski definition) is 1. The molecule has 27 heavy (non-hydrogen) atoms. The predicted octanol–water partition coefficient (Wildman–Crippen LogP) is 6.13. The maximum absolute atomic E-state index is 12.7. The van der Waals surface area contributed by atoms with Crippen LogP contribution < -0.4 is 5.32 Å². The summed E-state index contributed by atoms with van der Waals surface area (Å²) < 4.78 is 6.54. The molecule has 1 aromatic heterocycles. The summed E-state index contributed by atoms with van der Waals surface area (Å²) in [6, 6.07) is 19.1. The number of rotatable bonds is 3. The lowest BCUT2D eigenvalue weighted by molar-refractivity contribution is 0.102. The molecule has 134 valence electrons. The van der Waals surface area contributed by atoms with Gasteiger partial charge in [-0.1, -0.05) is 50.9 Å². The van der Waals surface area contributed by atoms with Crippen molar-refractivity contribution in [1.82, 2.24) is 5.16 Å². The summed E-state index contributed by atoms with van der Waals surface area (Å²) in [5.74, 6) is 0.494. The highest BCUT2D eigenvalue weighted by atomic mass is 79.9. The van der Waals surface area contributed by atoms with Crippen molar-refractivity contribution in [3.05, 3.63) is 81.8 Å². The van der Waals surface area contributed by atoms with E-state index >= 15 is 0 Å². The Kier molecular flexibility index (Phi) is 4.54. The molecule has 1 heterocycles. The van der Waals surface area contributed by atoms with Crippen molar-refractivity contribution in [3.63, 3.8) is 0 Å². The average molecular weight is 421 g/mol. The topological polar surface area (TPSA) is 55.1 Å². The fourth-order valence-electron chi connectivity index (χ4n) is 2.92. The molecule has 1 N–H and O–H groups in total. The molecule has 0 unspecified atom stereocenters. The molecule has 0 fully saturated rings. The molecule has 0 saturated carbocycles. The third-order valence-corrected chi connectivity index (χ3v) is 5.36. The number of nitrogens with one attached hydrogen (secondary N) is 1. The number of hydrogen-bond acceptors (Lipinski definition) is 3. The quantitative estimate of drug-likeness (QED) is 0.433. The minimum atomic E-state index is -0.172. The first-order chi connectivity index (χ1) is 13.0. The van der Waals surface area contributed by atoms with Crippen molar-refractivity contribution in [2.24, 2.45) is 0 Å². The van der Waals surface area contributed by atoms with Crippen LogP contribution in [0.3, 0.4) is 0 Å². The van der Waals surface area contributed by atoms with E-state index in [4.69, 9.17) is 4.52 Å². The van der Waals surface area contributed by atoms with Crippen molar-refractivity contribution in [3.8, 4) is 11.3 Å². The Balaban J connectivity index is 1.68. The zero-order valence-electron chi connectivity index (χ0n) is 14.9. The van der Waals surface area contributed by atoms with Gasteiger partial charge in [0, 0.05) is 21.3 Å². The van der Waals surface area contributed by atoms with Crippen molar-refractivity contribution >= 4 is 38.4 Å². The second kappa shape index (κ2) is 7.00. The number of aryl methyl sites for hydroxylation is 2. The Labute approximate surface area is 165 Å². The van der Waals surface area contributed by atoms with Gasteiger partial charge in [-0.25, -0.2) is 0 Å². The summed E-state index contributed by atoms with van der Waals surface area (Å²) in [4.78, 5) is 12.7. The molecule has 5 heteroatoms. The van der Waals surface area contributed by atoms with Gasteiger partial charge in [-0.05, 0) is 55.8 Å². The molecule has 0 radical (unpaired) electrons. The number of amides is 1. The number of nitrogens with zero attached hydrogens (tertiary/aromatic N) is 1. The first-order valence-corrected chi connectivity index (χ1v) is 9.34. The number of carbonyl (C=O) groups is 1. The molecule has 0 bridgehead atoms. The van der Waals surface area contributed by atoms with Crippen LogP contribution in [-0.2, 0) is 0 Å². The van der Waals surface area contributed by atoms with Crippen LogP contribution in [0.5, 0.6) is 0 Å². The largest absolute Gasteiger partial charge is 0.355 e. The number of aromatic nitrogens is 1. The van der Waals surface area contributed by atoms with Crippen LogP contribution >= 0.6 is 15.9 Å². The lowest BCUT2D eigenvalue weighted by Gasteiger charge is -2.07. The molecular weight excluding hydrogens is 404 g/mol. The molecular formula is C22H17BrN2O2. The van der Waals surface area contributed by atoms with Crippen LogP contribution in [0, 0.1) is 13.8 Å². The number of benzene rings is 3. The second-order valence-electron chi connectivity index (χ2n) is 6.53. The van der Waals surface area contributed by atoms with Crippen LogP contribution in [0.25, 0.3) is 22.2 Å². The lowest BCUT2D eigenvalue weighted by atomic mass is 10.0. The Hall–Kier alpha value is -2.92. The number of fused-ring (bicyclic) bond motifs is 1. The highest BCUT2D eigenvalue weighted by Crippen LogP contribution is 2.30. The molecule has 1 amide bonds. The van der Waals surface area contributed by atoms with E-state index in [0.29, 0.717) is 11.3 Å². The van der Waals surface area contributed by atoms with E-state index in [2.05, 4.69) is 26.4 Å². The summed E-state index contributed by atoms with van der Waals surface area (Å²) in [6.45, 7) is 4.02. The van der Waals surface area contributed by atoms with E-state index in [1.807, 2.05) is 62.4 Å². The van der Waals surface area contributed by atoms with Gasteiger partial charge >= 0.3 is 0 Å². The van der Waals surface area contributed by atoms with Crippen molar-refractivity contribution in [2.75, 3.05) is 5.32 Å². The number of anilines is 1. The molecule has 0 spiro atoms. The first kappa shape index (κ1) is 17.5. The summed E-state index contributed by atoms with van der Waals surface area (Å²) >= 11 is 3.47. The van der Waals surface area contributed by atoms with Crippen LogP contribution in [0.4, 0.5) is 5.69 Å². The number of carbonyl (C=O) groups excluding carboxylic acids is 1. The van der Waals surface area contributed by atoms with Crippen molar-refractivity contribution in [1.29, 1.82) is 0 Å². The van der Waals surface area contributed by atoms with Gasteiger partial charge in [0.25, 0.3) is 5.91 Å². The molecule has 0 saturated heterocycles. The Morgan fingerprint density at radius 1 is 1.00 bits per heavy atom. The van der Waals surface area contributed by atoms with E-state index in [1.165, 1.54) is 5.56 Å². The summed E-state index contributed by atoms with van der Waals surface area (Å²) in [5, 5.41) is 7.87. The summed E-state index contributed by atoms with van der Waals surface area (Å²) in [6.07, 6.45) is 0. The Morgan fingerprint density at radius 3 is 2.52 bits per heavy atom. The minimum absolute atomic E-state index is 0.172. The monoisotopic (exact) mass is 420 g/mol. The zero-order valence-corrected chi connectivity index (χ0v) is 16.5. The average Bonchev–Trinajstić information content (AvgIpc) is 3.08. The molecule has 4 rings (SSSR count). The number of halogens is 1. The van der Waals surface area contributed by atoms with Gasteiger partial charge in [0.2, 0.25) is 0 Å².